The molecule has 0 fully saturated rings. The fourth-order valence-corrected chi connectivity index (χ4v) is 4.95. The molecular weight excluding hydrogens is 532 g/mol. The Morgan fingerprint density at radius 3 is 2.11 bits per heavy atom. The maximum absolute atomic E-state index is 13.7. The number of thioether (sulfide) groups is 1. The third-order valence-corrected chi connectivity index (χ3v) is 7.17. The van der Waals surface area contributed by atoms with Gasteiger partial charge in [0, 0.05) is 28.7 Å². The van der Waals surface area contributed by atoms with Gasteiger partial charge in [-0.1, -0.05) is 88.2 Å². The Balaban J connectivity index is 1.85. The number of halogens is 1. The van der Waals surface area contributed by atoms with Crippen molar-refractivity contribution in [2.75, 3.05) is 5.75 Å². The van der Waals surface area contributed by atoms with Crippen molar-refractivity contribution in [1.29, 1.82) is 0 Å². The van der Waals surface area contributed by atoms with Gasteiger partial charge < -0.3 is 10.2 Å². The van der Waals surface area contributed by atoms with Crippen LogP contribution in [0.15, 0.2) is 83.3 Å². The lowest BCUT2D eigenvalue weighted by atomic mass is 10.0. The molecule has 1 unspecified atom stereocenters. The molecule has 0 spiro atoms. The van der Waals surface area contributed by atoms with Gasteiger partial charge in [0.05, 0.1) is 5.75 Å². The summed E-state index contributed by atoms with van der Waals surface area (Å²) in [6.07, 6.45) is 0.452. The molecule has 190 valence electrons. The fraction of sp³-hybridized carbons (Fsp3) is 0.333. The predicted octanol–water partition coefficient (Wildman–Crippen LogP) is 6.55. The standard InChI is InChI=1S/C30H35BrN2O2S/c1-22-10-12-25(13-11-22)20-36-21-28(34)33(19-24-14-16-26(31)17-15-24)27(29(35)32-30(2,3)4)18-23-8-6-5-7-9-23/h5-17,27H,18-21H2,1-4H3,(H,32,35). The van der Waals surface area contributed by atoms with E-state index in [9.17, 15) is 9.59 Å². The van der Waals surface area contributed by atoms with Crippen molar-refractivity contribution in [3.05, 3.63) is 106 Å². The Labute approximate surface area is 228 Å². The van der Waals surface area contributed by atoms with Gasteiger partial charge in [-0.05, 0) is 56.5 Å². The van der Waals surface area contributed by atoms with Crippen LogP contribution in [0.25, 0.3) is 0 Å². The van der Waals surface area contributed by atoms with Gasteiger partial charge in [-0.3, -0.25) is 9.59 Å². The first-order chi connectivity index (χ1) is 17.1. The van der Waals surface area contributed by atoms with Crippen molar-refractivity contribution in [2.24, 2.45) is 0 Å². The van der Waals surface area contributed by atoms with Gasteiger partial charge in [-0.2, -0.15) is 0 Å². The van der Waals surface area contributed by atoms with Crippen molar-refractivity contribution < 1.29 is 9.59 Å². The number of benzene rings is 3. The van der Waals surface area contributed by atoms with Crippen LogP contribution in [0, 0.1) is 6.92 Å². The lowest BCUT2D eigenvalue weighted by molar-refractivity contribution is -0.140. The van der Waals surface area contributed by atoms with E-state index in [0.29, 0.717) is 18.7 Å². The average molecular weight is 568 g/mol. The highest BCUT2D eigenvalue weighted by Crippen LogP contribution is 2.20. The molecule has 0 aromatic heterocycles. The highest BCUT2D eigenvalue weighted by Gasteiger charge is 2.32. The van der Waals surface area contributed by atoms with E-state index in [1.165, 1.54) is 11.1 Å². The van der Waals surface area contributed by atoms with Crippen LogP contribution in [-0.2, 0) is 28.3 Å². The summed E-state index contributed by atoms with van der Waals surface area (Å²) in [6, 6.07) is 25.6. The number of hydrogen-bond acceptors (Lipinski definition) is 3. The Bertz CT molecular complexity index is 1130. The Kier molecular flexibility index (Phi) is 10.2. The van der Waals surface area contributed by atoms with E-state index in [1.54, 1.807) is 16.7 Å². The zero-order valence-electron chi connectivity index (χ0n) is 21.5. The normalized spacial score (nSPS) is 12.1. The van der Waals surface area contributed by atoms with Crippen molar-refractivity contribution >= 4 is 39.5 Å². The summed E-state index contributed by atoms with van der Waals surface area (Å²) >= 11 is 5.06. The van der Waals surface area contributed by atoms with Gasteiger partial charge in [-0.15, -0.1) is 11.8 Å². The summed E-state index contributed by atoms with van der Waals surface area (Å²) in [7, 11) is 0. The van der Waals surface area contributed by atoms with Crippen molar-refractivity contribution in [2.45, 2.75) is 58.0 Å². The number of amides is 2. The van der Waals surface area contributed by atoms with Gasteiger partial charge in [0.15, 0.2) is 0 Å². The molecule has 2 amide bonds. The predicted molar refractivity (Wildman–Crippen MR) is 154 cm³/mol. The molecule has 0 bridgehead atoms. The molecule has 0 heterocycles. The number of carbonyl (C=O) groups is 2. The Morgan fingerprint density at radius 2 is 1.50 bits per heavy atom. The quantitative estimate of drug-likeness (QED) is 0.303. The van der Waals surface area contributed by atoms with Crippen LogP contribution in [0.3, 0.4) is 0 Å². The van der Waals surface area contributed by atoms with Crippen LogP contribution in [0.2, 0.25) is 0 Å². The first-order valence-electron chi connectivity index (χ1n) is 12.1. The molecule has 1 atom stereocenters. The van der Waals surface area contributed by atoms with Crippen molar-refractivity contribution in [3.8, 4) is 0 Å². The number of carbonyl (C=O) groups excluding carboxylic acids is 2. The first kappa shape index (κ1) is 28.0. The Morgan fingerprint density at radius 1 is 0.889 bits per heavy atom. The van der Waals surface area contributed by atoms with Crippen LogP contribution in [0.5, 0.6) is 0 Å². The summed E-state index contributed by atoms with van der Waals surface area (Å²) in [5.41, 5.74) is 4.00. The molecule has 3 rings (SSSR count). The van der Waals surface area contributed by atoms with E-state index in [1.807, 2.05) is 75.4 Å². The molecule has 4 nitrogen and oxygen atoms in total. The number of nitrogens with zero attached hydrogens (tertiary/aromatic N) is 1. The summed E-state index contributed by atoms with van der Waals surface area (Å²) in [5.74, 6) is 0.870. The van der Waals surface area contributed by atoms with Gasteiger partial charge in [0.25, 0.3) is 0 Å². The maximum atomic E-state index is 13.7. The molecular formula is C30H35BrN2O2S. The molecule has 3 aromatic carbocycles. The van der Waals surface area contributed by atoms with Gasteiger partial charge in [-0.25, -0.2) is 0 Å². The van der Waals surface area contributed by atoms with E-state index in [4.69, 9.17) is 0 Å². The zero-order chi connectivity index (χ0) is 26.1. The third kappa shape index (κ3) is 9.14. The lowest BCUT2D eigenvalue weighted by Gasteiger charge is -2.34. The molecule has 0 radical (unpaired) electrons. The van der Waals surface area contributed by atoms with E-state index in [0.717, 1.165) is 21.4 Å². The molecule has 0 aliphatic heterocycles. The topological polar surface area (TPSA) is 49.4 Å². The number of rotatable bonds is 10. The van der Waals surface area contributed by atoms with E-state index in [2.05, 4.69) is 52.4 Å². The van der Waals surface area contributed by atoms with E-state index < -0.39 is 11.6 Å². The van der Waals surface area contributed by atoms with Gasteiger partial charge in [0.2, 0.25) is 11.8 Å². The minimum absolute atomic E-state index is 0.0416. The van der Waals surface area contributed by atoms with Gasteiger partial charge >= 0.3 is 0 Å². The largest absolute Gasteiger partial charge is 0.350 e. The second kappa shape index (κ2) is 13.1. The van der Waals surface area contributed by atoms with Crippen LogP contribution < -0.4 is 5.32 Å². The highest BCUT2D eigenvalue weighted by molar-refractivity contribution is 9.10. The monoisotopic (exact) mass is 566 g/mol. The number of hydrogen-bond donors (Lipinski definition) is 1. The molecule has 0 aliphatic carbocycles. The Hall–Kier alpha value is -2.57. The highest BCUT2D eigenvalue weighted by atomic mass is 79.9. The van der Waals surface area contributed by atoms with Gasteiger partial charge in [0.1, 0.15) is 6.04 Å². The van der Waals surface area contributed by atoms with Crippen molar-refractivity contribution in [1.82, 2.24) is 10.2 Å². The number of nitrogens with one attached hydrogen (secondary N) is 1. The van der Waals surface area contributed by atoms with Crippen molar-refractivity contribution in [3.63, 3.8) is 0 Å². The zero-order valence-corrected chi connectivity index (χ0v) is 23.9. The molecule has 36 heavy (non-hydrogen) atoms. The molecule has 0 saturated carbocycles. The lowest BCUT2D eigenvalue weighted by Crippen LogP contribution is -2.54. The minimum Gasteiger partial charge on any atom is -0.350 e. The molecule has 0 saturated heterocycles. The van der Waals surface area contributed by atoms with Crippen LogP contribution >= 0.6 is 27.7 Å². The first-order valence-corrected chi connectivity index (χ1v) is 14.1. The molecule has 1 N–H and O–H groups in total. The number of aryl methyl sites for hydroxylation is 1. The fourth-order valence-electron chi connectivity index (χ4n) is 3.82. The summed E-state index contributed by atoms with van der Waals surface area (Å²) < 4.78 is 0.976. The molecule has 6 heteroatoms. The maximum Gasteiger partial charge on any atom is 0.243 e. The average Bonchev–Trinajstić information content (AvgIpc) is 2.83. The third-order valence-electron chi connectivity index (χ3n) is 5.65. The van der Waals surface area contributed by atoms with E-state index >= 15 is 0 Å². The SMILES string of the molecule is Cc1ccc(CSCC(=O)N(Cc2ccc(Br)cc2)C(Cc2ccccc2)C(=O)NC(C)(C)C)cc1. The van der Waals surface area contributed by atoms with E-state index in [-0.39, 0.29) is 11.8 Å². The molecule has 3 aromatic rings. The smallest absolute Gasteiger partial charge is 0.243 e. The van der Waals surface area contributed by atoms with Crippen LogP contribution in [0.4, 0.5) is 0 Å². The second-order valence-electron chi connectivity index (χ2n) is 10.1. The summed E-state index contributed by atoms with van der Waals surface area (Å²) in [4.78, 5) is 29.0. The summed E-state index contributed by atoms with van der Waals surface area (Å²) in [6.45, 7) is 8.32. The second-order valence-corrected chi connectivity index (χ2v) is 12.0. The summed E-state index contributed by atoms with van der Waals surface area (Å²) in [5, 5.41) is 3.11. The minimum atomic E-state index is -0.622. The van der Waals surface area contributed by atoms with Crippen LogP contribution in [-0.4, -0.2) is 34.0 Å². The molecule has 0 aliphatic rings. The van der Waals surface area contributed by atoms with Crippen LogP contribution in [0.1, 0.15) is 43.0 Å².